The first-order valence-corrected chi connectivity index (χ1v) is 7.96. The highest BCUT2D eigenvalue weighted by Gasteiger charge is 2.26. The summed E-state index contributed by atoms with van der Waals surface area (Å²) < 4.78 is 17.9. The lowest BCUT2D eigenvalue weighted by Gasteiger charge is -2.22. The number of rotatable bonds is 5. The number of Topliss-reactive ketones (excluding diaryl/α,β-unsaturated/α-hetero) is 1. The van der Waals surface area contributed by atoms with Crippen LogP contribution >= 0.6 is 0 Å². The Labute approximate surface area is 148 Å². The van der Waals surface area contributed by atoms with Gasteiger partial charge in [-0.3, -0.25) is 9.59 Å². The highest BCUT2D eigenvalue weighted by Crippen LogP contribution is 2.20. The lowest BCUT2D eigenvalue weighted by Crippen LogP contribution is -2.35. The molecule has 0 atom stereocenters. The molecule has 0 fully saturated rings. The normalized spacial score (nSPS) is 14.0. The van der Waals surface area contributed by atoms with Gasteiger partial charge in [0.05, 0.1) is 5.69 Å². The van der Waals surface area contributed by atoms with Crippen LogP contribution in [0, 0.1) is 5.82 Å². The van der Waals surface area contributed by atoms with Crippen LogP contribution in [0.3, 0.4) is 0 Å². The van der Waals surface area contributed by atoms with Crippen molar-refractivity contribution in [1.29, 1.82) is 0 Å². The number of amides is 1. The van der Waals surface area contributed by atoms with Crippen LogP contribution in [0.15, 0.2) is 59.7 Å². The molecular weight excluding hydrogens is 339 g/mol. The van der Waals surface area contributed by atoms with E-state index < -0.39 is 24.2 Å². The topological polar surface area (TPSA) is 76.0 Å². The fourth-order valence-corrected chi connectivity index (χ4v) is 2.41. The van der Waals surface area contributed by atoms with Gasteiger partial charge >= 0.3 is 5.97 Å². The van der Waals surface area contributed by atoms with Crippen LogP contribution in [0.4, 0.5) is 10.1 Å². The van der Waals surface area contributed by atoms with E-state index in [0.717, 1.165) is 17.1 Å². The van der Waals surface area contributed by atoms with Gasteiger partial charge in [-0.05, 0) is 36.4 Å². The number of halogens is 1. The molecule has 1 heterocycles. The number of para-hydroxylation sites is 1. The Hall–Kier alpha value is -3.35. The quantitative estimate of drug-likeness (QED) is 0.611. The lowest BCUT2D eigenvalue weighted by molar-refractivity contribution is -0.134. The first kappa shape index (κ1) is 17.5. The Kier molecular flexibility index (Phi) is 5.17. The van der Waals surface area contributed by atoms with Crippen molar-refractivity contribution in [2.24, 2.45) is 5.10 Å². The maximum Gasteiger partial charge on any atom is 0.354 e. The number of hydrazone groups is 1. The third-order valence-corrected chi connectivity index (χ3v) is 3.77. The third-order valence-electron chi connectivity index (χ3n) is 3.77. The number of ether oxygens (including phenoxy) is 1. The zero-order valence-corrected chi connectivity index (χ0v) is 13.7. The van der Waals surface area contributed by atoms with Gasteiger partial charge in [-0.15, -0.1) is 0 Å². The largest absolute Gasteiger partial charge is 0.453 e. The molecule has 0 aromatic heterocycles. The molecule has 0 aliphatic carbocycles. The highest BCUT2D eigenvalue weighted by atomic mass is 19.1. The minimum absolute atomic E-state index is 0.0698. The Balaban J connectivity index is 1.66. The summed E-state index contributed by atoms with van der Waals surface area (Å²) in [6, 6.07) is 13.7. The fourth-order valence-electron chi connectivity index (χ4n) is 2.41. The number of carbonyl (C=O) groups excluding carboxylic acids is 3. The average Bonchev–Trinajstić information content (AvgIpc) is 2.67. The van der Waals surface area contributed by atoms with Crippen LogP contribution in [0.1, 0.15) is 23.2 Å². The molecule has 0 bridgehead atoms. The maximum absolute atomic E-state index is 12.9. The predicted molar refractivity (Wildman–Crippen MR) is 92.3 cm³/mol. The maximum atomic E-state index is 12.9. The highest BCUT2D eigenvalue weighted by molar-refractivity contribution is 6.38. The van der Waals surface area contributed by atoms with Crippen LogP contribution in [-0.2, 0) is 14.3 Å². The molecule has 0 unspecified atom stereocenters. The predicted octanol–water partition coefficient (Wildman–Crippen LogP) is 2.73. The standard InChI is InChI=1S/C19H15FN2O4/c20-14-8-6-13(7-9-14)17(23)12-26-19(25)16-10-11-18(24)22(21-16)15-4-2-1-3-5-15/h1-9H,10-12H2. The number of nitrogens with zero attached hydrogens (tertiary/aromatic N) is 2. The van der Waals surface area contributed by atoms with Crippen molar-refractivity contribution < 1.29 is 23.5 Å². The van der Waals surface area contributed by atoms with Gasteiger partial charge in [0.15, 0.2) is 12.4 Å². The number of hydrogen-bond donors (Lipinski definition) is 0. The van der Waals surface area contributed by atoms with Crippen molar-refractivity contribution in [2.45, 2.75) is 12.8 Å². The molecule has 0 saturated heterocycles. The van der Waals surface area contributed by atoms with Gasteiger partial charge in [-0.1, -0.05) is 18.2 Å². The first-order valence-electron chi connectivity index (χ1n) is 7.96. The van der Waals surface area contributed by atoms with E-state index in [4.69, 9.17) is 4.74 Å². The summed E-state index contributed by atoms with van der Waals surface area (Å²) in [7, 11) is 0. The van der Waals surface area contributed by atoms with E-state index >= 15 is 0 Å². The molecule has 1 aliphatic rings. The average molecular weight is 354 g/mol. The van der Waals surface area contributed by atoms with Crippen LogP contribution in [-0.4, -0.2) is 30.0 Å². The summed E-state index contributed by atoms with van der Waals surface area (Å²) in [6.07, 6.45) is 0.264. The van der Waals surface area contributed by atoms with Crippen molar-refractivity contribution >= 4 is 29.1 Å². The molecule has 132 valence electrons. The smallest absolute Gasteiger partial charge is 0.354 e. The Morgan fingerprint density at radius 2 is 1.73 bits per heavy atom. The van der Waals surface area contributed by atoms with Gasteiger partial charge in [-0.2, -0.15) is 5.10 Å². The molecular formula is C19H15FN2O4. The van der Waals surface area contributed by atoms with Crippen molar-refractivity contribution in [3.8, 4) is 0 Å². The fraction of sp³-hybridized carbons (Fsp3) is 0.158. The Morgan fingerprint density at radius 1 is 1.04 bits per heavy atom. The number of hydrogen-bond acceptors (Lipinski definition) is 5. The van der Waals surface area contributed by atoms with E-state index in [0.29, 0.717) is 5.69 Å². The van der Waals surface area contributed by atoms with Crippen molar-refractivity contribution in [1.82, 2.24) is 0 Å². The molecule has 2 aromatic rings. The minimum Gasteiger partial charge on any atom is -0.453 e. The van der Waals surface area contributed by atoms with Crippen molar-refractivity contribution in [2.75, 3.05) is 11.6 Å². The minimum atomic E-state index is -0.756. The molecule has 7 heteroatoms. The van der Waals surface area contributed by atoms with Crippen molar-refractivity contribution in [3.63, 3.8) is 0 Å². The number of ketones is 1. The number of carbonyl (C=O) groups is 3. The van der Waals surface area contributed by atoms with Gasteiger partial charge in [-0.25, -0.2) is 14.2 Å². The van der Waals surface area contributed by atoms with E-state index in [1.807, 2.05) is 0 Å². The van der Waals surface area contributed by atoms with Crippen LogP contribution < -0.4 is 5.01 Å². The second-order valence-corrected chi connectivity index (χ2v) is 5.59. The number of anilines is 1. The van der Waals surface area contributed by atoms with Crippen LogP contribution in [0.5, 0.6) is 0 Å². The second-order valence-electron chi connectivity index (χ2n) is 5.59. The van der Waals surface area contributed by atoms with Gasteiger partial charge in [0.2, 0.25) is 5.91 Å². The van der Waals surface area contributed by atoms with Gasteiger partial charge in [0.1, 0.15) is 11.5 Å². The summed E-state index contributed by atoms with van der Waals surface area (Å²) in [6.45, 7) is -0.483. The number of esters is 1. The molecule has 1 amide bonds. The number of benzene rings is 2. The molecule has 1 aliphatic heterocycles. The summed E-state index contributed by atoms with van der Waals surface area (Å²) in [5.74, 6) is -1.89. The molecule has 3 rings (SSSR count). The van der Waals surface area contributed by atoms with Crippen LogP contribution in [0.25, 0.3) is 0 Å². The zero-order valence-electron chi connectivity index (χ0n) is 13.7. The van der Waals surface area contributed by atoms with E-state index in [-0.39, 0.29) is 30.0 Å². The molecule has 0 saturated carbocycles. The molecule has 26 heavy (non-hydrogen) atoms. The Morgan fingerprint density at radius 3 is 2.42 bits per heavy atom. The van der Waals surface area contributed by atoms with E-state index in [2.05, 4.69) is 5.10 Å². The van der Waals surface area contributed by atoms with Gasteiger partial charge < -0.3 is 4.74 Å². The van der Waals surface area contributed by atoms with E-state index in [1.54, 1.807) is 30.3 Å². The Bertz CT molecular complexity index is 863. The molecule has 0 N–H and O–H groups in total. The third kappa shape index (κ3) is 4.00. The summed E-state index contributed by atoms with van der Waals surface area (Å²) >= 11 is 0. The molecule has 2 aromatic carbocycles. The summed E-state index contributed by atoms with van der Waals surface area (Å²) in [5, 5.41) is 5.21. The molecule has 0 spiro atoms. The van der Waals surface area contributed by atoms with Crippen molar-refractivity contribution in [3.05, 3.63) is 66.0 Å². The van der Waals surface area contributed by atoms with E-state index in [9.17, 15) is 18.8 Å². The zero-order chi connectivity index (χ0) is 18.5. The second kappa shape index (κ2) is 7.69. The van der Waals surface area contributed by atoms with E-state index in [1.165, 1.54) is 12.1 Å². The lowest BCUT2D eigenvalue weighted by atomic mass is 10.1. The monoisotopic (exact) mass is 354 g/mol. The van der Waals surface area contributed by atoms with Gasteiger partial charge in [0, 0.05) is 18.4 Å². The summed E-state index contributed by atoms with van der Waals surface area (Å²) in [5.41, 5.74) is 0.858. The van der Waals surface area contributed by atoms with Crippen LogP contribution in [0.2, 0.25) is 0 Å². The summed E-state index contributed by atoms with van der Waals surface area (Å²) in [4.78, 5) is 36.2. The van der Waals surface area contributed by atoms with Gasteiger partial charge in [0.25, 0.3) is 0 Å². The molecule has 0 radical (unpaired) electrons. The SMILES string of the molecule is O=C(OCC(=O)c1ccc(F)cc1)C1=NN(c2ccccc2)C(=O)CC1. The first-order chi connectivity index (χ1) is 12.5. The molecule has 6 nitrogen and oxygen atoms in total.